The fraction of sp³-hybridized carbons (Fsp3) is 0.353. The second-order valence-corrected chi connectivity index (χ2v) is 4.83. The number of amides is 1. The summed E-state index contributed by atoms with van der Waals surface area (Å²) in [4.78, 5) is 11.7. The van der Waals surface area contributed by atoms with Crippen LogP contribution in [0.3, 0.4) is 0 Å². The summed E-state index contributed by atoms with van der Waals surface area (Å²) in [6.45, 7) is 1.32. The Bertz CT molecular complexity index is 548. The first-order chi connectivity index (χ1) is 10.3. The van der Waals surface area contributed by atoms with Gasteiger partial charge in [0.25, 0.3) is 0 Å². The third-order valence-corrected chi connectivity index (χ3v) is 3.17. The average Bonchev–Trinajstić information content (AvgIpc) is 2.99. The summed E-state index contributed by atoms with van der Waals surface area (Å²) < 4.78 is 10.7. The van der Waals surface area contributed by atoms with Gasteiger partial charge in [-0.3, -0.25) is 4.79 Å². The quantitative estimate of drug-likeness (QED) is 0.759. The van der Waals surface area contributed by atoms with Gasteiger partial charge < -0.3 is 14.5 Å². The molecular formula is C17H21NO3. The van der Waals surface area contributed by atoms with Crippen LogP contribution in [0.4, 0.5) is 0 Å². The van der Waals surface area contributed by atoms with Gasteiger partial charge >= 0.3 is 0 Å². The molecule has 1 aromatic carbocycles. The van der Waals surface area contributed by atoms with Crippen molar-refractivity contribution < 1.29 is 13.9 Å². The Kier molecular flexibility index (Phi) is 6.03. The van der Waals surface area contributed by atoms with Crippen molar-refractivity contribution >= 4 is 5.91 Å². The summed E-state index contributed by atoms with van der Waals surface area (Å²) in [5.41, 5.74) is 1.05. The Hall–Kier alpha value is -2.07. The molecule has 2 rings (SSSR count). The molecule has 0 aliphatic heterocycles. The molecule has 0 atom stereocenters. The molecule has 0 bridgehead atoms. The zero-order valence-electron chi connectivity index (χ0n) is 12.3. The minimum Gasteiger partial charge on any atom is -0.461 e. The summed E-state index contributed by atoms with van der Waals surface area (Å²) in [6.07, 6.45) is 1.89. The summed E-state index contributed by atoms with van der Waals surface area (Å²) in [5.74, 6) is 1.72. The van der Waals surface area contributed by atoms with Crippen molar-refractivity contribution in [3.63, 3.8) is 0 Å². The van der Waals surface area contributed by atoms with Gasteiger partial charge in [-0.1, -0.05) is 30.3 Å². The minimum absolute atomic E-state index is 0.0452. The lowest BCUT2D eigenvalue weighted by molar-refractivity contribution is -0.121. The van der Waals surface area contributed by atoms with Gasteiger partial charge in [-0.25, -0.2) is 0 Å². The van der Waals surface area contributed by atoms with Gasteiger partial charge in [0.2, 0.25) is 5.91 Å². The highest BCUT2D eigenvalue weighted by atomic mass is 16.5. The molecule has 1 N–H and O–H groups in total. The molecule has 0 saturated carbocycles. The largest absolute Gasteiger partial charge is 0.461 e. The summed E-state index contributed by atoms with van der Waals surface area (Å²) >= 11 is 0. The van der Waals surface area contributed by atoms with Crippen LogP contribution >= 0.6 is 0 Å². The standard InChI is InChI=1S/C17H21NO3/c1-20-13-5-12-18-17(19)11-9-15-8-10-16(21-15)14-6-3-2-4-7-14/h2-4,6-8,10H,5,9,11-13H2,1H3,(H,18,19). The van der Waals surface area contributed by atoms with E-state index >= 15 is 0 Å². The fourth-order valence-electron chi connectivity index (χ4n) is 2.04. The highest BCUT2D eigenvalue weighted by molar-refractivity contribution is 5.76. The second kappa shape index (κ2) is 8.27. The number of methoxy groups -OCH3 is 1. The van der Waals surface area contributed by atoms with E-state index < -0.39 is 0 Å². The van der Waals surface area contributed by atoms with Crippen LogP contribution in [0.5, 0.6) is 0 Å². The van der Waals surface area contributed by atoms with E-state index in [0.29, 0.717) is 26.0 Å². The number of nitrogens with one attached hydrogen (secondary N) is 1. The van der Waals surface area contributed by atoms with Crippen molar-refractivity contribution in [1.29, 1.82) is 0 Å². The maximum Gasteiger partial charge on any atom is 0.220 e. The van der Waals surface area contributed by atoms with Gasteiger partial charge in [0, 0.05) is 38.7 Å². The number of furan rings is 1. The molecule has 0 saturated heterocycles. The number of ether oxygens (including phenoxy) is 1. The van der Waals surface area contributed by atoms with Gasteiger partial charge in [-0.15, -0.1) is 0 Å². The Morgan fingerprint density at radius 1 is 1.19 bits per heavy atom. The van der Waals surface area contributed by atoms with E-state index in [0.717, 1.165) is 23.5 Å². The van der Waals surface area contributed by atoms with Gasteiger partial charge in [-0.05, 0) is 18.6 Å². The second-order valence-electron chi connectivity index (χ2n) is 4.83. The Balaban J connectivity index is 1.77. The van der Waals surface area contributed by atoms with Crippen LogP contribution in [-0.2, 0) is 16.0 Å². The van der Waals surface area contributed by atoms with Gasteiger partial charge in [0.05, 0.1) is 0 Å². The van der Waals surface area contributed by atoms with Crippen LogP contribution < -0.4 is 5.32 Å². The summed E-state index contributed by atoms with van der Waals surface area (Å²) in [7, 11) is 1.66. The molecule has 1 aromatic heterocycles. The average molecular weight is 287 g/mol. The monoisotopic (exact) mass is 287 g/mol. The number of rotatable bonds is 8. The normalized spacial score (nSPS) is 10.5. The van der Waals surface area contributed by atoms with E-state index in [9.17, 15) is 4.79 Å². The predicted octanol–water partition coefficient (Wildman–Crippen LogP) is 3.03. The fourth-order valence-corrected chi connectivity index (χ4v) is 2.04. The molecular weight excluding hydrogens is 266 g/mol. The Morgan fingerprint density at radius 2 is 2.00 bits per heavy atom. The van der Waals surface area contributed by atoms with E-state index in [1.807, 2.05) is 42.5 Å². The molecule has 0 fully saturated rings. The Labute approximate surface area is 125 Å². The van der Waals surface area contributed by atoms with Gasteiger partial charge in [0.15, 0.2) is 0 Å². The summed E-state index contributed by atoms with van der Waals surface area (Å²) in [5, 5.41) is 2.87. The maximum absolute atomic E-state index is 11.7. The summed E-state index contributed by atoms with van der Waals surface area (Å²) in [6, 6.07) is 13.8. The molecule has 0 aliphatic carbocycles. The van der Waals surface area contributed by atoms with Crippen molar-refractivity contribution in [2.75, 3.05) is 20.3 Å². The third-order valence-electron chi connectivity index (χ3n) is 3.17. The maximum atomic E-state index is 11.7. The molecule has 0 unspecified atom stereocenters. The Morgan fingerprint density at radius 3 is 2.76 bits per heavy atom. The molecule has 4 heteroatoms. The van der Waals surface area contributed by atoms with Crippen LogP contribution in [0.25, 0.3) is 11.3 Å². The highest BCUT2D eigenvalue weighted by Crippen LogP contribution is 2.22. The van der Waals surface area contributed by atoms with Crippen molar-refractivity contribution in [2.24, 2.45) is 0 Å². The molecule has 21 heavy (non-hydrogen) atoms. The van der Waals surface area contributed by atoms with Crippen LogP contribution in [0.1, 0.15) is 18.6 Å². The molecule has 0 aliphatic rings. The molecule has 112 valence electrons. The van der Waals surface area contributed by atoms with E-state index in [1.165, 1.54) is 0 Å². The number of carbonyl (C=O) groups excluding carboxylic acids is 1. The first-order valence-corrected chi connectivity index (χ1v) is 7.19. The predicted molar refractivity (Wildman–Crippen MR) is 82.0 cm³/mol. The number of carbonyl (C=O) groups is 1. The number of hydrogen-bond donors (Lipinski definition) is 1. The van der Waals surface area contributed by atoms with Crippen molar-refractivity contribution in [3.8, 4) is 11.3 Å². The third kappa shape index (κ3) is 5.08. The highest BCUT2D eigenvalue weighted by Gasteiger charge is 2.07. The van der Waals surface area contributed by atoms with Gasteiger partial charge in [0.1, 0.15) is 11.5 Å². The smallest absolute Gasteiger partial charge is 0.220 e. The van der Waals surface area contributed by atoms with Gasteiger partial charge in [-0.2, -0.15) is 0 Å². The zero-order chi connectivity index (χ0) is 14.9. The van der Waals surface area contributed by atoms with Crippen LogP contribution in [-0.4, -0.2) is 26.2 Å². The number of hydrogen-bond acceptors (Lipinski definition) is 3. The molecule has 4 nitrogen and oxygen atoms in total. The van der Waals surface area contributed by atoms with E-state index in [1.54, 1.807) is 7.11 Å². The lowest BCUT2D eigenvalue weighted by Crippen LogP contribution is -2.25. The molecule has 1 amide bonds. The van der Waals surface area contributed by atoms with E-state index in [4.69, 9.17) is 9.15 Å². The molecule has 1 heterocycles. The first-order valence-electron chi connectivity index (χ1n) is 7.19. The van der Waals surface area contributed by atoms with Crippen molar-refractivity contribution in [3.05, 3.63) is 48.2 Å². The minimum atomic E-state index is 0.0452. The van der Waals surface area contributed by atoms with Crippen LogP contribution in [0, 0.1) is 0 Å². The van der Waals surface area contributed by atoms with E-state index in [-0.39, 0.29) is 5.91 Å². The topological polar surface area (TPSA) is 51.5 Å². The van der Waals surface area contributed by atoms with Crippen LogP contribution in [0.15, 0.2) is 46.9 Å². The number of benzene rings is 1. The van der Waals surface area contributed by atoms with Crippen molar-refractivity contribution in [2.45, 2.75) is 19.3 Å². The van der Waals surface area contributed by atoms with Crippen molar-refractivity contribution in [1.82, 2.24) is 5.32 Å². The number of aryl methyl sites for hydroxylation is 1. The lowest BCUT2D eigenvalue weighted by atomic mass is 10.2. The molecule has 2 aromatic rings. The first kappa shape index (κ1) is 15.3. The SMILES string of the molecule is COCCCNC(=O)CCc1ccc(-c2ccccc2)o1. The van der Waals surface area contributed by atoms with Crippen LogP contribution in [0.2, 0.25) is 0 Å². The lowest BCUT2D eigenvalue weighted by Gasteiger charge is -2.03. The van der Waals surface area contributed by atoms with E-state index in [2.05, 4.69) is 5.32 Å². The molecule has 0 spiro atoms. The zero-order valence-corrected chi connectivity index (χ0v) is 12.3. The molecule has 0 radical (unpaired) electrons.